The van der Waals surface area contributed by atoms with Gasteiger partial charge in [0.05, 0.1) is 24.3 Å². The Morgan fingerprint density at radius 2 is 0.972 bits per heavy atom. The molecule has 0 fully saturated rings. The fraction of sp³-hybridized carbons (Fsp3) is 0.600. The van der Waals surface area contributed by atoms with E-state index in [0.29, 0.717) is 0 Å². The Morgan fingerprint density at radius 3 is 1.39 bits per heavy atom. The molecule has 16 heteroatoms. The molecule has 4 N–H and O–H groups in total. The van der Waals surface area contributed by atoms with Gasteiger partial charge in [0.25, 0.3) is 0 Å². The third kappa shape index (κ3) is 13.7. The number of benzene rings is 1. The van der Waals surface area contributed by atoms with Crippen LogP contribution in [0, 0.1) is 0 Å². The van der Waals surface area contributed by atoms with Crippen molar-refractivity contribution in [3.8, 4) is 0 Å². The fourth-order valence-corrected chi connectivity index (χ4v) is 2.48. The first-order valence-corrected chi connectivity index (χ1v) is 10.1. The zero-order valence-corrected chi connectivity index (χ0v) is 19.3. The third-order valence-corrected chi connectivity index (χ3v) is 3.86. The monoisotopic (exact) mass is 526 g/mol. The van der Waals surface area contributed by atoms with Gasteiger partial charge in [-0.25, -0.2) is 9.59 Å². The number of aliphatic hydroxyl groups is 2. The quantitative estimate of drug-likeness (QED) is 0.102. The number of carboxylic acid groups (broad SMARTS) is 2. The van der Waals surface area contributed by atoms with Crippen molar-refractivity contribution in [1.29, 1.82) is 0 Å². The van der Waals surface area contributed by atoms with Gasteiger partial charge >= 0.3 is 11.9 Å². The second-order valence-corrected chi connectivity index (χ2v) is 6.27. The fourth-order valence-electron chi connectivity index (χ4n) is 2.48. The minimum Gasteiger partial charge on any atom is -0.478 e. The predicted molar refractivity (Wildman–Crippen MR) is 112 cm³/mol. The Hall–Kier alpha value is -2.32. The zero-order valence-electron chi connectivity index (χ0n) is 19.3. The standard InChI is InChI=1S/C20H30O16/c21-5-29-9-33-13-35-11-31-7-27-3-15-1-2-16(19(23)24)17(18(15)20(25)26)4-28-8-32-12-36-14-34-10-30-6-22/h1-2,21-22H,3-14H2,(H,23,24)(H,25,26). The summed E-state index contributed by atoms with van der Waals surface area (Å²) in [5.74, 6) is -2.70. The average molecular weight is 526 g/mol. The Bertz CT molecular complexity index is 743. The van der Waals surface area contributed by atoms with Gasteiger partial charge in [-0.2, -0.15) is 0 Å². The number of carbonyl (C=O) groups is 2. The van der Waals surface area contributed by atoms with E-state index in [1.165, 1.54) is 12.1 Å². The Labute approximate surface area is 205 Å². The van der Waals surface area contributed by atoms with Gasteiger partial charge in [-0.3, -0.25) is 0 Å². The van der Waals surface area contributed by atoms with Crippen LogP contribution in [0.4, 0.5) is 0 Å². The van der Waals surface area contributed by atoms with Crippen molar-refractivity contribution in [2.24, 2.45) is 0 Å². The van der Waals surface area contributed by atoms with E-state index in [9.17, 15) is 19.8 Å². The number of rotatable bonds is 24. The molecular formula is C20H30O16. The molecule has 0 atom stereocenters. The van der Waals surface area contributed by atoms with Gasteiger partial charge in [0.15, 0.2) is 40.8 Å². The first-order valence-electron chi connectivity index (χ1n) is 10.1. The molecule has 0 aromatic heterocycles. The molecule has 0 heterocycles. The normalized spacial score (nSPS) is 11.2. The lowest BCUT2D eigenvalue weighted by atomic mass is 9.96. The lowest BCUT2D eigenvalue weighted by molar-refractivity contribution is -0.202. The number of aromatic carboxylic acids is 2. The molecule has 0 aliphatic carbocycles. The molecule has 36 heavy (non-hydrogen) atoms. The van der Waals surface area contributed by atoms with Gasteiger partial charge in [-0.1, -0.05) is 6.07 Å². The van der Waals surface area contributed by atoms with Crippen LogP contribution in [-0.4, -0.2) is 100 Å². The van der Waals surface area contributed by atoms with Crippen molar-refractivity contribution >= 4 is 11.9 Å². The minimum absolute atomic E-state index is 0.0726. The van der Waals surface area contributed by atoms with Gasteiger partial charge in [0, 0.05) is 5.56 Å². The molecule has 0 aliphatic heterocycles. The maximum atomic E-state index is 11.9. The molecule has 206 valence electrons. The second-order valence-electron chi connectivity index (χ2n) is 6.27. The SMILES string of the molecule is O=C(O)c1ccc(COCOCOCOCOCO)c(C(=O)O)c1COCOCOCOCOCO. The van der Waals surface area contributed by atoms with E-state index in [0.717, 1.165) is 0 Å². The van der Waals surface area contributed by atoms with E-state index >= 15 is 0 Å². The molecule has 0 bridgehead atoms. The van der Waals surface area contributed by atoms with E-state index in [4.69, 9.17) is 48.1 Å². The van der Waals surface area contributed by atoms with Crippen molar-refractivity contribution in [3.63, 3.8) is 0 Å². The molecule has 16 nitrogen and oxygen atoms in total. The smallest absolute Gasteiger partial charge is 0.336 e. The Morgan fingerprint density at radius 1 is 0.556 bits per heavy atom. The number of aliphatic hydroxyl groups excluding tert-OH is 2. The molecule has 0 aliphatic rings. The first kappa shape index (κ1) is 31.7. The number of hydrogen-bond donors (Lipinski definition) is 4. The highest BCUT2D eigenvalue weighted by Crippen LogP contribution is 2.22. The maximum absolute atomic E-state index is 11.9. The van der Waals surface area contributed by atoms with Gasteiger partial charge < -0.3 is 67.8 Å². The average Bonchev–Trinajstić information content (AvgIpc) is 2.85. The number of ether oxygens (including phenoxy) is 10. The second kappa shape index (κ2) is 20.8. The van der Waals surface area contributed by atoms with Crippen LogP contribution < -0.4 is 0 Å². The Balaban J connectivity index is 2.51. The highest BCUT2D eigenvalue weighted by molar-refractivity contribution is 5.97. The van der Waals surface area contributed by atoms with Gasteiger partial charge in [-0.15, -0.1) is 0 Å². The summed E-state index contributed by atoms with van der Waals surface area (Å²) < 4.78 is 49.2. The number of carboxylic acids is 2. The minimum atomic E-state index is -1.37. The van der Waals surface area contributed by atoms with E-state index in [1.807, 2.05) is 0 Å². The van der Waals surface area contributed by atoms with E-state index in [-0.39, 0.29) is 89.8 Å². The summed E-state index contributed by atoms with van der Waals surface area (Å²) in [7, 11) is 0. The molecule has 0 saturated heterocycles. The molecule has 1 aromatic rings. The molecule has 0 radical (unpaired) electrons. The molecule has 1 aromatic carbocycles. The van der Waals surface area contributed by atoms with Crippen LogP contribution in [-0.2, 0) is 60.6 Å². The Kier molecular flexibility index (Phi) is 18.3. The summed E-state index contributed by atoms with van der Waals surface area (Å²) in [4.78, 5) is 23.5. The van der Waals surface area contributed by atoms with Crippen molar-refractivity contribution in [2.75, 3.05) is 67.9 Å². The van der Waals surface area contributed by atoms with Crippen LogP contribution in [0.3, 0.4) is 0 Å². The molecule has 0 amide bonds. The van der Waals surface area contributed by atoms with Gasteiger partial charge in [0.2, 0.25) is 0 Å². The highest BCUT2D eigenvalue weighted by Gasteiger charge is 2.22. The summed E-state index contributed by atoms with van der Waals surface area (Å²) in [5, 5.41) is 36.0. The van der Waals surface area contributed by atoms with Crippen LogP contribution in [0.25, 0.3) is 0 Å². The lowest BCUT2D eigenvalue weighted by Crippen LogP contribution is -2.16. The zero-order chi connectivity index (χ0) is 26.4. The topological polar surface area (TPSA) is 207 Å². The first-order chi connectivity index (χ1) is 17.5. The summed E-state index contributed by atoms with van der Waals surface area (Å²) in [6, 6.07) is 2.57. The van der Waals surface area contributed by atoms with Crippen LogP contribution >= 0.6 is 0 Å². The molecule has 0 spiro atoms. The van der Waals surface area contributed by atoms with Crippen molar-refractivity contribution in [1.82, 2.24) is 0 Å². The highest BCUT2D eigenvalue weighted by atomic mass is 16.8. The van der Waals surface area contributed by atoms with E-state index in [1.54, 1.807) is 0 Å². The van der Waals surface area contributed by atoms with Crippen molar-refractivity contribution in [2.45, 2.75) is 13.2 Å². The maximum Gasteiger partial charge on any atom is 0.336 e. The van der Waals surface area contributed by atoms with Crippen molar-refractivity contribution in [3.05, 3.63) is 34.4 Å². The summed E-state index contributed by atoms with van der Waals surface area (Å²) >= 11 is 0. The summed E-state index contributed by atoms with van der Waals surface area (Å²) in [5.41, 5.74) is -0.403. The predicted octanol–water partition coefficient (Wildman–Crippen LogP) is -0.191. The van der Waals surface area contributed by atoms with Gasteiger partial charge in [-0.05, 0) is 11.6 Å². The van der Waals surface area contributed by atoms with Crippen LogP contribution in [0.5, 0.6) is 0 Å². The molecule has 1 rings (SSSR count). The number of hydrogen-bond acceptors (Lipinski definition) is 14. The van der Waals surface area contributed by atoms with Gasteiger partial charge in [0.1, 0.15) is 27.2 Å². The largest absolute Gasteiger partial charge is 0.478 e. The van der Waals surface area contributed by atoms with Crippen LogP contribution in [0.15, 0.2) is 12.1 Å². The van der Waals surface area contributed by atoms with Crippen LogP contribution in [0.2, 0.25) is 0 Å². The molecular weight excluding hydrogens is 496 g/mol. The third-order valence-electron chi connectivity index (χ3n) is 3.86. The van der Waals surface area contributed by atoms with E-state index < -0.39 is 25.5 Å². The lowest BCUT2D eigenvalue weighted by Gasteiger charge is -2.15. The molecule has 0 unspecified atom stereocenters. The van der Waals surface area contributed by atoms with E-state index in [2.05, 4.69) is 9.47 Å². The van der Waals surface area contributed by atoms with Crippen molar-refractivity contribution < 1.29 is 77.4 Å². The summed E-state index contributed by atoms with van der Waals surface area (Å²) in [6.45, 7) is -3.15. The molecule has 0 saturated carbocycles. The summed E-state index contributed by atoms with van der Waals surface area (Å²) in [6.07, 6.45) is 0. The van der Waals surface area contributed by atoms with Crippen LogP contribution in [0.1, 0.15) is 31.8 Å².